The van der Waals surface area contributed by atoms with Crippen LogP contribution in [0.2, 0.25) is 0 Å². The fourth-order valence-electron chi connectivity index (χ4n) is 1.01. The number of ether oxygens (including phenoxy) is 2. The Hall–Kier alpha value is -0.570. The molecule has 3 heteroatoms. The van der Waals surface area contributed by atoms with Gasteiger partial charge in [-0.05, 0) is 27.2 Å². The fraction of sp³-hybridized carbons (Fsp3) is 0.923. The van der Waals surface area contributed by atoms with Gasteiger partial charge in [-0.2, -0.15) is 0 Å². The summed E-state index contributed by atoms with van der Waals surface area (Å²) in [6.07, 6.45) is 0.283. The minimum atomic E-state index is -0.476. The maximum Gasteiger partial charge on any atom is 0.313 e. The van der Waals surface area contributed by atoms with E-state index in [0.29, 0.717) is 6.61 Å². The summed E-state index contributed by atoms with van der Waals surface area (Å²) < 4.78 is 10.9. The highest BCUT2D eigenvalue weighted by molar-refractivity contribution is 5.75. The molecule has 0 aliphatic heterocycles. The number of hydrogen-bond acceptors (Lipinski definition) is 3. The van der Waals surface area contributed by atoms with E-state index in [0.717, 1.165) is 6.42 Å². The van der Waals surface area contributed by atoms with Gasteiger partial charge in [0, 0.05) is 12.0 Å². The Bertz CT molecular complexity index is 226. The van der Waals surface area contributed by atoms with Gasteiger partial charge in [0.1, 0.15) is 0 Å². The van der Waals surface area contributed by atoms with Crippen LogP contribution >= 0.6 is 0 Å². The molecule has 0 saturated heterocycles. The zero-order valence-electron chi connectivity index (χ0n) is 11.7. The second-order valence-corrected chi connectivity index (χ2v) is 5.80. The highest BCUT2D eigenvalue weighted by Gasteiger charge is 2.34. The maximum absolute atomic E-state index is 11.9. The second-order valence-electron chi connectivity index (χ2n) is 5.80. The molecule has 96 valence electrons. The van der Waals surface area contributed by atoms with Gasteiger partial charge in [-0.3, -0.25) is 4.79 Å². The summed E-state index contributed by atoms with van der Waals surface area (Å²) in [4.78, 5) is 11.9. The van der Waals surface area contributed by atoms with Crippen molar-refractivity contribution >= 4 is 5.97 Å². The SMILES string of the molecule is CCOC(OC(=O)C(C)(C)CC)C(C)(C)C. The van der Waals surface area contributed by atoms with Gasteiger partial charge in [0.25, 0.3) is 0 Å². The molecule has 0 aromatic rings. The highest BCUT2D eigenvalue weighted by atomic mass is 16.7. The summed E-state index contributed by atoms with van der Waals surface area (Å²) >= 11 is 0. The van der Waals surface area contributed by atoms with Crippen LogP contribution in [-0.2, 0) is 14.3 Å². The number of carbonyl (C=O) groups excluding carboxylic acids is 1. The molecule has 0 N–H and O–H groups in total. The molecule has 3 nitrogen and oxygen atoms in total. The number of carbonyl (C=O) groups is 1. The summed E-state index contributed by atoms with van der Waals surface area (Å²) in [5.41, 5.74) is -0.643. The van der Waals surface area contributed by atoms with E-state index in [-0.39, 0.29) is 11.4 Å². The monoisotopic (exact) mass is 230 g/mol. The Morgan fingerprint density at radius 2 is 1.62 bits per heavy atom. The molecule has 0 radical (unpaired) electrons. The molecule has 0 heterocycles. The number of rotatable bonds is 5. The zero-order valence-corrected chi connectivity index (χ0v) is 11.7. The molecule has 0 rings (SSSR count). The zero-order chi connectivity index (χ0) is 13.0. The van der Waals surface area contributed by atoms with Crippen LogP contribution in [0.4, 0.5) is 0 Å². The lowest BCUT2D eigenvalue weighted by Crippen LogP contribution is -2.38. The normalized spacial score (nSPS) is 14.7. The Balaban J connectivity index is 4.59. The maximum atomic E-state index is 11.9. The summed E-state index contributed by atoms with van der Waals surface area (Å²) in [5.74, 6) is -0.191. The summed E-state index contributed by atoms with van der Waals surface area (Å²) in [6.45, 7) is 14.2. The van der Waals surface area contributed by atoms with Crippen LogP contribution in [-0.4, -0.2) is 18.9 Å². The quantitative estimate of drug-likeness (QED) is 0.536. The Labute approximate surface area is 99.5 Å². The van der Waals surface area contributed by atoms with Crippen molar-refractivity contribution in [2.45, 2.75) is 61.2 Å². The molecule has 0 aliphatic carbocycles. The molecule has 0 aliphatic rings. The predicted molar refractivity (Wildman–Crippen MR) is 65.0 cm³/mol. The van der Waals surface area contributed by atoms with Crippen molar-refractivity contribution in [2.75, 3.05) is 6.61 Å². The third kappa shape index (κ3) is 4.52. The molecular formula is C13H26O3. The van der Waals surface area contributed by atoms with E-state index in [2.05, 4.69) is 0 Å². The largest absolute Gasteiger partial charge is 0.435 e. The predicted octanol–water partition coefficient (Wildman–Crippen LogP) is 3.37. The molecule has 0 aromatic heterocycles. The van der Waals surface area contributed by atoms with Crippen LogP contribution in [0.5, 0.6) is 0 Å². The number of esters is 1. The van der Waals surface area contributed by atoms with Gasteiger partial charge in [0.05, 0.1) is 5.41 Å². The molecule has 0 spiro atoms. The molecule has 0 fully saturated rings. The van der Waals surface area contributed by atoms with Crippen molar-refractivity contribution in [1.82, 2.24) is 0 Å². The van der Waals surface area contributed by atoms with Gasteiger partial charge in [0.15, 0.2) is 0 Å². The molecule has 0 bridgehead atoms. The van der Waals surface area contributed by atoms with E-state index in [1.807, 2.05) is 48.5 Å². The lowest BCUT2D eigenvalue weighted by Gasteiger charge is -2.32. The standard InChI is InChI=1S/C13H26O3/c1-8-13(6,7)10(14)16-11(15-9-2)12(3,4)5/h11H,8-9H2,1-7H3. The molecule has 16 heavy (non-hydrogen) atoms. The smallest absolute Gasteiger partial charge is 0.313 e. The summed E-state index contributed by atoms with van der Waals surface area (Å²) in [6, 6.07) is 0. The van der Waals surface area contributed by atoms with Crippen molar-refractivity contribution in [3.63, 3.8) is 0 Å². The van der Waals surface area contributed by atoms with Gasteiger partial charge < -0.3 is 9.47 Å². The molecule has 0 aromatic carbocycles. The first-order chi connectivity index (χ1) is 7.15. The van der Waals surface area contributed by atoms with Crippen LogP contribution in [0.25, 0.3) is 0 Å². The Morgan fingerprint density at radius 1 is 1.12 bits per heavy atom. The van der Waals surface area contributed by atoms with Gasteiger partial charge in [-0.25, -0.2) is 0 Å². The second kappa shape index (κ2) is 5.67. The lowest BCUT2D eigenvalue weighted by molar-refractivity contribution is -0.210. The lowest BCUT2D eigenvalue weighted by atomic mass is 9.90. The van der Waals surface area contributed by atoms with Gasteiger partial charge in [0.2, 0.25) is 6.29 Å². The van der Waals surface area contributed by atoms with Crippen LogP contribution in [0.1, 0.15) is 54.9 Å². The van der Waals surface area contributed by atoms with Crippen LogP contribution in [0.15, 0.2) is 0 Å². The first kappa shape index (κ1) is 15.4. The first-order valence-electron chi connectivity index (χ1n) is 5.97. The van der Waals surface area contributed by atoms with Gasteiger partial charge in [-0.15, -0.1) is 0 Å². The van der Waals surface area contributed by atoms with Gasteiger partial charge in [-0.1, -0.05) is 27.7 Å². The third-order valence-electron chi connectivity index (χ3n) is 2.68. The summed E-state index contributed by atoms with van der Waals surface area (Å²) in [7, 11) is 0. The Kier molecular flexibility index (Phi) is 5.47. The van der Waals surface area contributed by atoms with E-state index >= 15 is 0 Å². The minimum absolute atomic E-state index is 0.191. The molecule has 0 saturated carbocycles. The van der Waals surface area contributed by atoms with Crippen molar-refractivity contribution in [2.24, 2.45) is 10.8 Å². The Morgan fingerprint density at radius 3 is 1.94 bits per heavy atom. The summed E-state index contributed by atoms with van der Waals surface area (Å²) in [5, 5.41) is 0. The molecule has 1 unspecified atom stereocenters. The molecular weight excluding hydrogens is 204 g/mol. The van der Waals surface area contributed by atoms with Crippen LogP contribution in [0.3, 0.4) is 0 Å². The topological polar surface area (TPSA) is 35.5 Å². The third-order valence-corrected chi connectivity index (χ3v) is 2.68. The van der Waals surface area contributed by atoms with Gasteiger partial charge >= 0.3 is 5.97 Å². The van der Waals surface area contributed by atoms with E-state index in [9.17, 15) is 4.79 Å². The minimum Gasteiger partial charge on any atom is -0.435 e. The highest BCUT2D eigenvalue weighted by Crippen LogP contribution is 2.28. The number of hydrogen-bond donors (Lipinski definition) is 0. The van der Waals surface area contributed by atoms with Crippen molar-refractivity contribution in [1.29, 1.82) is 0 Å². The van der Waals surface area contributed by atoms with Crippen molar-refractivity contribution in [3.05, 3.63) is 0 Å². The van der Waals surface area contributed by atoms with Crippen LogP contribution < -0.4 is 0 Å². The van der Waals surface area contributed by atoms with Crippen LogP contribution in [0, 0.1) is 10.8 Å². The average Bonchev–Trinajstić information content (AvgIpc) is 2.15. The average molecular weight is 230 g/mol. The van der Waals surface area contributed by atoms with Crippen molar-refractivity contribution in [3.8, 4) is 0 Å². The van der Waals surface area contributed by atoms with E-state index < -0.39 is 11.7 Å². The fourth-order valence-corrected chi connectivity index (χ4v) is 1.01. The van der Waals surface area contributed by atoms with E-state index in [1.54, 1.807) is 0 Å². The van der Waals surface area contributed by atoms with E-state index in [1.165, 1.54) is 0 Å². The molecule has 1 atom stereocenters. The molecule has 0 amide bonds. The van der Waals surface area contributed by atoms with E-state index in [4.69, 9.17) is 9.47 Å². The first-order valence-corrected chi connectivity index (χ1v) is 5.97. The van der Waals surface area contributed by atoms with Crippen molar-refractivity contribution < 1.29 is 14.3 Å².